The molecule has 0 saturated heterocycles. The lowest BCUT2D eigenvalue weighted by molar-refractivity contribution is -0.132. The van der Waals surface area contributed by atoms with Gasteiger partial charge >= 0.3 is 11.6 Å². The van der Waals surface area contributed by atoms with Crippen LogP contribution in [0.2, 0.25) is 0 Å². The number of rotatable bonds is 3. The first-order valence-electron chi connectivity index (χ1n) is 5.60. The first-order chi connectivity index (χ1) is 9.01. The Labute approximate surface area is 108 Å². The van der Waals surface area contributed by atoms with Crippen molar-refractivity contribution in [3.63, 3.8) is 0 Å². The number of hydrogen-bond donors (Lipinski definition) is 2. The van der Waals surface area contributed by atoms with Crippen LogP contribution in [0.1, 0.15) is 18.1 Å². The molecule has 1 aromatic carbocycles. The number of hydrogen-bond acceptors (Lipinski definition) is 4. The molecule has 0 aliphatic carbocycles. The number of aliphatic hydroxyl groups excluding tert-OH is 1. The van der Waals surface area contributed by atoms with Gasteiger partial charge in [-0.1, -0.05) is 6.07 Å². The summed E-state index contributed by atoms with van der Waals surface area (Å²) in [6, 6.07) is 6.49. The van der Waals surface area contributed by atoms with Gasteiger partial charge in [-0.2, -0.15) is 0 Å². The Balaban J connectivity index is 2.63. The molecule has 0 aliphatic heterocycles. The molecular weight excluding hydrogens is 248 g/mol. The van der Waals surface area contributed by atoms with Crippen molar-refractivity contribution in [2.45, 2.75) is 13.5 Å². The van der Waals surface area contributed by atoms with Crippen LogP contribution in [0, 0.1) is 0 Å². The Bertz CT molecular complexity index is 724. The first kappa shape index (κ1) is 13.0. The van der Waals surface area contributed by atoms with Gasteiger partial charge in [-0.3, -0.25) is 0 Å². The Morgan fingerprint density at radius 3 is 2.74 bits per heavy atom. The van der Waals surface area contributed by atoms with E-state index < -0.39 is 11.6 Å². The number of carboxylic acids is 1. The van der Waals surface area contributed by atoms with Crippen LogP contribution in [0.15, 0.2) is 39.1 Å². The summed E-state index contributed by atoms with van der Waals surface area (Å²) in [6.07, 6.45) is 1.26. The third kappa shape index (κ3) is 2.71. The molecule has 19 heavy (non-hydrogen) atoms. The summed E-state index contributed by atoms with van der Waals surface area (Å²) in [4.78, 5) is 22.4. The molecule has 2 aromatic rings. The molecule has 5 heteroatoms. The van der Waals surface area contributed by atoms with Crippen LogP contribution >= 0.6 is 0 Å². The van der Waals surface area contributed by atoms with E-state index in [0.717, 1.165) is 0 Å². The normalized spacial score (nSPS) is 11.8. The van der Waals surface area contributed by atoms with Crippen molar-refractivity contribution >= 4 is 23.0 Å². The smallest absolute Gasteiger partial charge is 0.343 e. The largest absolute Gasteiger partial charge is 0.478 e. The molecule has 0 spiro atoms. The molecule has 0 bridgehead atoms. The minimum atomic E-state index is -1.09. The van der Waals surface area contributed by atoms with E-state index in [4.69, 9.17) is 14.6 Å². The monoisotopic (exact) mass is 260 g/mol. The molecule has 0 amide bonds. The Kier molecular flexibility index (Phi) is 3.48. The van der Waals surface area contributed by atoms with Gasteiger partial charge in [-0.05, 0) is 36.8 Å². The summed E-state index contributed by atoms with van der Waals surface area (Å²) in [5, 5.41) is 18.5. The van der Waals surface area contributed by atoms with E-state index in [2.05, 4.69) is 0 Å². The maximum atomic E-state index is 11.7. The molecule has 0 saturated carbocycles. The van der Waals surface area contributed by atoms with Gasteiger partial charge in [0.25, 0.3) is 0 Å². The lowest BCUT2D eigenvalue weighted by atomic mass is 10.1. The van der Waals surface area contributed by atoms with E-state index in [-0.39, 0.29) is 17.7 Å². The molecule has 5 nitrogen and oxygen atoms in total. The van der Waals surface area contributed by atoms with Crippen LogP contribution in [-0.2, 0) is 11.4 Å². The fraction of sp³-hybridized carbons (Fsp3) is 0.143. The second-order valence-corrected chi connectivity index (χ2v) is 4.15. The highest BCUT2D eigenvalue weighted by molar-refractivity contribution is 5.92. The lowest BCUT2D eigenvalue weighted by Gasteiger charge is -2.01. The zero-order valence-corrected chi connectivity index (χ0v) is 10.2. The van der Waals surface area contributed by atoms with E-state index in [0.29, 0.717) is 16.5 Å². The van der Waals surface area contributed by atoms with E-state index in [1.807, 2.05) is 0 Å². The predicted molar refractivity (Wildman–Crippen MR) is 69.7 cm³/mol. The van der Waals surface area contributed by atoms with Gasteiger partial charge in [-0.15, -0.1) is 0 Å². The van der Waals surface area contributed by atoms with Crippen LogP contribution < -0.4 is 5.63 Å². The number of carboxylic acid groups (broad SMARTS) is 1. The average molecular weight is 260 g/mol. The predicted octanol–water partition coefficient (Wildman–Crippen LogP) is 1.77. The molecular formula is C14H12O5. The van der Waals surface area contributed by atoms with Gasteiger partial charge in [0.15, 0.2) is 0 Å². The number of carbonyl (C=O) groups is 1. The summed E-state index contributed by atoms with van der Waals surface area (Å²) >= 11 is 0. The average Bonchev–Trinajstić information content (AvgIpc) is 2.38. The van der Waals surface area contributed by atoms with Gasteiger partial charge in [0.1, 0.15) is 5.58 Å². The first-order valence-corrected chi connectivity index (χ1v) is 5.60. The van der Waals surface area contributed by atoms with Crippen LogP contribution in [0.5, 0.6) is 0 Å². The summed E-state index contributed by atoms with van der Waals surface area (Å²) in [7, 11) is 0. The molecule has 1 aromatic heterocycles. The fourth-order valence-corrected chi connectivity index (χ4v) is 1.68. The molecule has 0 radical (unpaired) electrons. The van der Waals surface area contributed by atoms with Gasteiger partial charge in [0, 0.05) is 11.0 Å². The SMILES string of the molecule is C/C(=C\c1cc2cc(CO)ccc2oc1=O)C(=O)O. The standard InChI is InChI=1S/C14H12O5/c1-8(13(16)17)4-11-6-10-5-9(7-15)2-3-12(10)19-14(11)18/h2-6,15H,7H2,1H3,(H,16,17)/b8-4+. The quantitative estimate of drug-likeness (QED) is 0.648. The van der Waals surface area contributed by atoms with Crippen LogP contribution in [-0.4, -0.2) is 16.2 Å². The molecule has 0 unspecified atom stereocenters. The third-order valence-corrected chi connectivity index (χ3v) is 2.72. The minimum absolute atomic E-state index is 0.0463. The van der Waals surface area contributed by atoms with Gasteiger partial charge in [0.2, 0.25) is 0 Å². The van der Waals surface area contributed by atoms with Crippen molar-refractivity contribution in [1.82, 2.24) is 0 Å². The summed E-state index contributed by atoms with van der Waals surface area (Å²) in [5.74, 6) is -1.09. The Morgan fingerprint density at radius 1 is 1.37 bits per heavy atom. The molecule has 2 rings (SSSR count). The zero-order valence-electron chi connectivity index (χ0n) is 10.2. The fourth-order valence-electron chi connectivity index (χ4n) is 1.68. The van der Waals surface area contributed by atoms with Crippen LogP contribution in [0.4, 0.5) is 0 Å². The molecule has 1 heterocycles. The summed E-state index contributed by atoms with van der Waals surface area (Å²) in [5.41, 5.74) is 0.705. The van der Waals surface area contributed by atoms with Crippen molar-refractivity contribution in [3.8, 4) is 0 Å². The highest BCUT2D eigenvalue weighted by Gasteiger charge is 2.07. The molecule has 98 valence electrons. The lowest BCUT2D eigenvalue weighted by Crippen LogP contribution is -2.05. The van der Waals surface area contributed by atoms with Crippen LogP contribution in [0.25, 0.3) is 17.0 Å². The van der Waals surface area contributed by atoms with Crippen LogP contribution in [0.3, 0.4) is 0 Å². The van der Waals surface area contributed by atoms with Crippen molar-refractivity contribution in [2.24, 2.45) is 0 Å². The Hall–Kier alpha value is -2.40. The van der Waals surface area contributed by atoms with Crippen molar-refractivity contribution in [2.75, 3.05) is 0 Å². The highest BCUT2D eigenvalue weighted by Crippen LogP contribution is 2.17. The van der Waals surface area contributed by atoms with Crippen molar-refractivity contribution in [3.05, 3.63) is 51.4 Å². The molecule has 0 aliphatic rings. The van der Waals surface area contributed by atoms with E-state index in [1.165, 1.54) is 13.0 Å². The van der Waals surface area contributed by atoms with E-state index >= 15 is 0 Å². The van der Waals surface area contributed by atoms with Gasteiger partial charge < -0.3 is 14.6 Å². The number of benzene rings is 1. The second-order valence-electron chi connectivity index (χ2n) is 4.15. The van der Waals surface area contributed by atoms with E-state index in [9.17, 15) is 9.59 Å². The minimum Gasteiger partial charge on any atom is -0.478 e. The molecule has 2 N–H and O–H groups in total. The number of aliphatic hydroxyl groups is 1. The maximum absolute atomic E-state index is 11.7. The number of fused-ring (bicyclic) bond motifs is 1. The van der Waals surface area contributed by atoms with Gasteiger partial charge in [-0.25, -0.2) is 9.59 Å². The maximum Gasteiger partial charge on any atom is 0.343 e. The zero-order chi connectivity index (χ0) is 14.0. The van der Waals surface area contributed by atoms with E-state index in [1.54, 1.807) is 24.3 Å². The second kappa shape index (κ2) is 5.07. The van der Waals surface area contributed by atoms with Crippen molar-refractivity contribution < 1.29 is 19.4 Å². The molecule has 0 fully saturated rings. The highest BCUT2D eigenvalue weighted by atomic mass is 16.4. The molecule has 0 atom stereocenters. The number of aliphatic carboxylic acids is 1. The third-order valence-electron chi connectivity index (χ3n) is 2.72. The topological polar surface area (TPSA) is 87.7 Å². The summed E-state index contributed by atoms with van der Waals surface area (Å²) in [6.45, 7) is 1.28. The Morgan fingerprint density at radius 2 is 2.11 bits per heavy atom. The van der Waals surface area contributed by atoms with Crippen molar-refractivity contribution in [1.29, 1.82) is 0 Å². The summed E-state index contributed by atoms with van der Waals surface area (Å²) < 4.78 is 5.10. The van der Waals surface area contributed by atoms with Gasteiger partial charge in [0.05, 0.1) is 12.2 Å².